The zero-order valence-corrected chi connectivity index (χ0v) is 19.1. The lowest BCUT2D eigenvalue weighted by Crippen LogP contribution is -2.23. The zero-order valence-electron chi connectivity index (χ0n) is 18.2. The van der Waals surface area contributed by atoms with E-state index in [1.54, 1.807) is 50.2 Å². The summed E-state index contributed by atoms with van der Waals surface area (Å²) in [6.45, 7) is 3.53. The molecule has 0 atom stereocenters. The molecule has 0 spiro atoms. The van der Waals surface area contributed by atoms with Crippen LogP contribution in [0.15, 0.2) is 70.6 Å². The van der Waals surface area contributed by atoms with Crippen LogP contribution in [0.25, 0.3) is 16.6 Å². The van der Waals surface area contributed by atoms with E-state index in [2.05, 4.69) is 10.3 Å². The van der Waals surface area contributed by atoms with Crippen molar-refractivity contribution in [2.24, 2.45) is 0 Å². The Morgan fingerprint density at radius 1 is 1.12 bits per heavy atom. The number of nitro benzene ring substituents is 1. The molecule has 0 aliphatic heterocycles. The summed E-state index contributed by atoms with van der Waals surface area (Å²) >= 11 is 0.932. The van der Waals surface area contributed by atoms with Gasteiger partial charge >= 0.3 is 0 Å². The second-order valence-corrected chi connectivity index (χ2v) is 8.49. The Bertz CT molecular complexity index is 1500. The molecular weight excluding hydrogens is 459 g/mol. The van der Waals surface area contributed by atoms with Crippen molar-refractivity contribution < 1.29 is 14.1 Å². The van der Waals surface area contributed by atoms with Gasteiger partial charge in [0.15, 0.2) is 5.16 Å². The summed E-state index contributed by atoms with van der Waals surface area (Å²) in [6.07, 6.45) is 0. The van der Waals surface area contributed by atoms with Crippen molar-refractivity contribution >= 4 is 39.9 Å². The molecule has 1 N–H and O–H groups in total. The first-order valence-corrected chi connectivity index (χ1v) is 11.2. The monoisotopic (exact) mass is 478 g/mol. The number of nitrogens with one attached hydrogen (secondary N) is 1. The van der Waals surface area contributed by atoms with Crippen LogP contribution in [0.5, 0.6) is 0 Å². The van der Waals surface area contributed by atoms with Crippen LogP contribution in [-0.2, 0) is 4.79 Å². The van der Waals surface area contributed by atoms with Crippen LogP contribution in [0.4, 0.5) is 15.8 Å². The van der Waals surface area contributed by atoms with Gasteiger partial charge in [0, 0.05) is 6.07 Å². The molecular formula is C24H19FN4O4S. The Morgan fingerprint density at radius 2 is 1.79 bits per heavy atom. The lowest BCUT2D eigenvalue weighted by atomic mass is 10.1. The summed E-state index contributed by atoms with van der Waals surface area (Å²) in [6, 6.07) is 15.4. The molecule has 0 saturated carbocycles. The minimum absolute atomic E-state index is 0.0125. The quantitative estimate of drug-likeness (QED) is 0.185. The maximum absolute atomic E-state index is 14.6. The molecule has 1 aromatic heterocycles. The van der Waals surface area contributed by atoms with E-state index < -0.39 is 22.2 Å². The first kappa shape index (κ1) is 23.1. The van der Waals surface area contributed by atoms with Crippen molar-refractivity contribution in [2.75, 3.05) is 11.1 Å². The van der Waals surface area contributed by atoms with Gasteiger partial charge in [-0.15, -0.1) is 0 Å². The molecule has 0 aliphatic rings. The standard InChI is InChI=1S/C24H19FN4O4S/c1-14-11-19(21(29(32)33)12-15(14)2)26-22(30)13-34-24-27-18-9-5-3-7-16(18)23(31)28(24)20-10-6-4-8-17(20)25/h3-12H,13H2,1-2H3,(H,26,30). The third kappa shape index (κ3) is 4.53. The molecule has 0 saturated heterocycles. The predicted molar refractivity (Wildman–Crippen MR) is 129 cm³/mol. The largest absolute Gasteiger partial charge is 0.320 e. The lowest BCUT2D eigenvalue weighted by Gasteiger charge is -2.14. The normalized spacial score (nSPS) is 10.9. The molecule has 3 aromatic carbocycles. The van der Waals surface area contributed by atoms with E-state index in [1.807, 2.05) is 0 Å². The van der Waals surface area contributed by atoms with Gasteiger partial charge in [-0.1, -0.05) is 36.0 Å². The van der Waals surface area contributed by atoms with E-state index in [1.165, 1.54) is 24.3 Å². The van der Waals surface area contributed by atoms with E-state index >= 15 is 0 Å². The number of hydrogen-bond acceptors (Lipinski definition) is 6. The van der Waals surface area contributed by atoms with Crippen molar-refractivity contribution in [1.82, 2.24) is 9.55 Å². The van der Waals surface area contributed by atoms with Crippen LogP contribution in [0.2, 0.25) is 0 Å². The molecule has 34 heavy (non-hydrogen) atoms. The molecule has 10 heteroatoms. The fourth-order valence-corrected chi connectivity index (χ4v) is 4.23. The van der Waals surface area contributed by atoms with Crippen molar-refractivity contribution in [2.45, 2.75) is 19.0 Å². The number of nitrogens with zero attached hydrogens (tertiary/aromatic N) is 3. The summed E-state index contributed by atoms with van der Waals surface area (Å²) < 4.78 is 15.7. The van der Waals surface area contributed by atoms with Crippen LogP contribution >= 0.6 is 11.8 Å². The van der Waals surface area contributed by atoms with Crippen LogP contribution < -0.4 is 10.9 Å². The molecule has 4 rings (SSSR count). The van der Waals surface area contributed by atoms with Gasteiger partial charge in [-0.2, -0.15) is 0 Å². The number of anilines is 1. The second kappa shape index (κ2) is 9.44. The highest BCUT2D eigenvalue weighted by Gasteiger charge is 2.20. The summed E-state index contributed by atoms with van der Waals surface area (Å²) in [5.41, 5.74) is 1.34. The minimum atomic E-state index is -0.612. The summed E-state index contributed by atoms with van der Waals surface area (Å²) in [7, 11) is 0. The van der Waals surface area contributed by atoms with Crippen LogP contribution in [0.1, 0.15) is 11.1 Å². The Hall–Kier alpha value is -4.05. The highest BCUT2D eigenvalue weighted by Crippen LogP contribution is 2.29. The number of para-hydroxylation sites is 2. The SMILES string of the molecule is Cc1cc(NC(=O)CSc2nc3ccccc3c(=O)n2-c2ccccc2F)c([N+](=O)[O-])cc1C. The number of nitro groups is 1. The van der Waals surface area contributed by atoms with Gasteiger partial charge in [0.2, 0.25) is 5.91 Å². The Labute approximate surface area is 197 Å². The van der Waals surface area contributed by atoms with Gasteiger partial charge in [-0.25, -0.2) is 9.37 Å². The number of carbonyl (C=O) groups is 1. The molecule has 1 amide bonds. The van der Waals surface area contributed by atoms with E-state index in [4.69, 9.17) is 0 Å². The Balaban J connectivity index is 1.68. The molecule has 0 radical (unpaired) electrons. The Morgan fingerprint density at radius 3 is 2.53 bits per heavy atom. The van der Waals surface area contributed by atoms with Crippen molar-refractivity contribution in [3.05, 3.63) is 98.1 Å². The Kier molecular flexibility index (Phi) is 6.42. The van der Waals surface area contributed by atoms with E-state index in [9.17, 15) is 24.1 Å². The molecule has 0 aliphatic carbocycles. The third-order valence-corrected chi connectivity index (χ3v) is 6.19. The van der Waals surface area contributed by atoms with Crippen LogP contribution in [0, 0.1) is 29.8 Å². The number of rotatable bonds is 6. The van der Waals surface area contributed by atoms with Crippen molar-refractivity contribution in [3.8, 4) is 5.69 Å². The summed E-state index contributed by atoms with van der Waals surface area (Å²) in [5, 5.41) is 14.4. The molecule has 0 bridgehead atoms. The van der Waals surface area contributed by atoms with Gasteiger partial charge in [-0.3, -0.25) is 24.3 Å². The number of carbonyl (C=O) groups excluding carboxylic acids is 1. The van der Waals surface area contributed by atoms with Crippen LogP contribution in [-0.4, -0.2) is 26.1 Å². The number of aromatic nitrogens is 2. The van der Waals surface area contributed by atoms with E-state index in [-0.39, 0.29) is 28.0 Å². The van der Waals surface area contributed by atoms with E-state index in [0.29, 0.717) is 10.9 Å². The number of hydrogen-bond donors (Lipinski definition) is 1. The van der Waals surface area contributed by atoms with E-state index in [0.717, 1.165) is 27.5 Å². The summed E-state index contributed by atoms with van der Waals surface area (Å²) in [4.78, 5) is 41.2. The highest BCUT2D eigenvalue weighted by atomic mass is 32.2. The average Bonchev–Trinajstić information content (AvgIpc) is 2.80. The fraction of sp³-hybridized carbons (Fsp3) is 0.125. The first-order chi connectivity index (χ1) is 16.3. The van der Waals surface area contributed by atoms with Gasteiger partial charge in [0.05, 0.1) is 27.3 Å². The average molecular weight is 479 g/mol. The fourth-order valence-electron chi connectivity index (χ4n) is 3.42. The second-order valence-electron chi connectivity index (χ2n) is 7.55. The third-order valence-electron chi connectivity index (χ3n) is 5.25. The van der Waals surface area contributed by atoms with Gasteiger partial charge in [-0.05, 0) is 55.3 Å². The first-order valence-electron chi connectivity index (χ1n) is 10.2. The molecule has 1 heterocycles. The maximum atomic E-state index is 14.6. The zero-order chi connectivity index (χ0) is 24.4. The lowest BCUT2D eigenvalue weighted by molar-refractivity contribution is -0.384. The molecule has 4 aromatic rings. The number of fused-ring (bicyclic) bond motifs is 1. The molecule has 0 fully saturated rings. The van der Waals surface area contributed by atoms with Gasteiger partial charge in [0.1, 0.15) is 11.5 Å². The number of aryl methyl sites for hydroxylation is 2. The molecule has 0 unspecified atom stereocenters. The smallest absolute Gasteiger partial charge is 0.293 e. The van der Waals surface area contributed by atoms with Crippen molar-refractivity contribution in [1.29, 1.82) is 0 Å². The predicted octanol–water partition coefficient (Wildman–Crippen LogP) is 4.78. The number of benzene rings is 3. The van der Waals surface area contributed by atoms with Gasteiger partial charge < -0.3 is 5.32 Å². The molecule has 172 valence electrons. The van der Waals surface area contributed by atoms with Crippen molar-refractivity contribution in [3.63, 3.8) is 0 Å². The molecule has 8 nitrogen and oxygen atoms in total. The number of thioether (sulfide) groups is 1. The maximum Gasteiger partial charge on any atom is 0.293 e. The summed E-state index contributed by atoms with van der Waals surface area (Å²) in [5.74, 6) is -1.35. The van der Waals surface area contributed by atoms with Crippen LogP contribution in [0.3, 0.4) is 0 Å². The topological polar surface area (TPSA) is 107 Å². The number of amides is 1. The van der Waals surface area contributed by atoms with Gasteiger partial charge in [0.25, 0.3) is 11.2 Å². The number of halogens is 1. The minimum Gasteiger partial charge on any atom is -0.320 e. The highest BCUT2D eigenvalue weighted by molar-refractivity contribution is 7.99.